The van der Waals surface area contributed by atoms with E-state index in [1.807, 2.05) is 30.5 Å². The van der Waals surface area contributed by atoms with Gasteiger partial charge in [0.1, 0.15) is 4.38 Å². The summed E-state index contributed by atoms with van der Waals surface area (Å²) in [6, 6.07) is 7.58. The Morgan fingerprint density at radius 3 is 2.47 bits per heavy atom. The fourth-order valence-corrected chi connectivity index (χ4v) is 2.76. The summed E-state index contributed by atoms with van der Waals surface area (Å²) < 4.78 is 1.07. The van der Waals surface area contributed by atoms with E-state index in [-0.39, 0.29) is 0 Å². The third-order valence-electron chi connectivity index (χ3n) is 1.92. The molecule has 0 fully saturated rings. The molecule has 1 aromatic carbocycles. The van der Waals surface area contributed by atoms with Crippen LogP contribution in [-0.2, 0) is 0 Å². The predicted molar refractivity (Wildman–Crippen MR) is 84.0 cm³/mol. The zero-order valence-electron chi connectivity index (χ0n) is 10.2. The lowest BCUT2D eigenvalue weighted by Gasteiger charge is -2.01. The zero-order chi connectivity index (χ0) is 12.7. The van der Waals surface area contributed by atoms with E-state index in [0.717, 1.165) is 20.8 Å². The van der Waals surface area contributed by atoms with Gasteiger partial charge in [-0.25, -0.2) is 4.99 Å². The van der Waals surface area contributed by atoms with Crippen LogP contribution in [0, 0.1) is 0 Å². The van der Waals surface area contributed by atoms with Gasteiger partial charge in [0, 0.05) is 10.8 Å². The maximum absolute atomic E-state index is 5.83. The summed E-state index contributed by atoms with van der Waals surface area (Å²) in [6.07, 6.45) is 4.25. The highest BCUT2D eigenvalue weighted by Gasteiger charge is 1.98. The van der Waals surface area contributed by atoms with Crippen molar-refractivity contribution in [3.05, 3.63) is 40.9 Å². The lowest BCUT2D eigenvalue weighted by atomic mass is 10.3. The van der Waals surface area contributed by atoms with Crippen molar-refractivity contribution in [3.8, 4) is 0 Å². The maximum atomic E-state index is 5.83. The van der Waals surface area contributed by atoms with Crippen LogP contribution in [0.1, 0.15) is 13.8 Å². The van der Waals surface area contributed by atoms with Crippen molar-refractivity contribution in [1.29, 1.82) is 0 Å². The minimum absolute atomic E-state index is 0.742. The molecule has 0 saturated heterocycles. The lowest BCUT2D eigenvalue weighted by molar-refractivity contribution is 1.37. The summed E-state index contributed by atoms with van der Waals surface area (Å²) >= 11 is 9.26. The predicted octanol–water partition coefficient (Wildman–Crippen LogP) is 5.39. The Bertz CT molecular complexity index is 406. The number of allylic oxidation sites excluding steroid dienone is 1. The van der Waals surface area contributed by atoms with Crippen LogP contribution in [0.15, 0.2) is 40.9 Å². The summed E-state index contributed by atoms with van der Waals surface area (Å²) in [6.45, 7) is 4.21. The third kappa shape index (κ3) is 6.20. The molecular formula is C13H16ClNS2. The standard InChI is InChI=1S/C13H16ClNS2/c1-10(2)8-9-17-13(16-3)15-12-6-4-11(14)5-7-12/h4-8H,9H2,1-3H3. The van der Waals surface area contributed by atoms with Crippen LogP contribution in [0.4, 0.5) is 5.69 Å². The minimum Gasteiger partial charge on any atom is -0.235 e. The van der Waals surface area contributed by atoms with E-state index in [1.54, 1.807) is 23.5 Å². The van der Waals surface area contributed by atoms with Crippen molar-refractivity contribution in [1.82, 2.24) is 0 Å². The molecule has 0 aliphatic carbocycles. The average Bonchev–Trinajstić information content (AvgIpc) is 2.30. The van der Waals surface area contributed by atoms with Crippen molar-refractivity contribution >= 4 is 45.2 Å². The average molecular weight is 286 g/mol. The molecule has 0 aliphatic rings. The van der Waals surface area contributed by atoms with Gasteiger partial charge in [-0.3, -0.25) is 0 Å². The van der Waals surface area contributed by atoms with Crippen molar-refractivity contribution < 1.29 is 0 Å². The summed E-state index contributed by atoms with van der Waals surface area (Å²) in [5.41, 5.74) is 2.29. The number of hydrogen-bond donors (Lipinski definition) is 0. The lowest BCUT2D eigenvalue weighted by Crippen LogP contribution is -1.85. The SMILES string of the molecule is CSC(=Nc1ccc(Cl)cc1)SCC=C(C)C. The maximum Gasteiger partial charge on any atom is 0.130 e. The molecule has 1 aromatic rings. The van der Waals surface area contributed by atoms with Crippen LogP contribution >= 0.6 is 35.1 Å². The minimum atomic E-state index is 0.742. The first-order valence-corrected chi connectivity index (χ1v) is 7.85. The van der Waals surface area contributed by atoms with E-state index in [1.165, 1.54) is 5.57 Å². The second kappa shape index (κ2) is 7.85. The second-order valence-corrected chi connectivity index (χ2v) is 6.15. The zero-order valence-corrected chi connectivity index (χ0v) is 12.6. The molecule has 0 bridgehead atoms. The number of benzene rings is 1. The first kappa shape index (κ1) is 14.7. The smallest absolute Gasteiger partial charge is 0.130 e. The molecule has 1 rings (SSSR count). The number of halogens is 1. The van der Waals surface area contributed by atoms with Crippen molar-refractivity contribution in [2.75, 3.05) is 12.0 Å². The highest BCUT2D eigenvalue weighted by molar-refractivity contribution is 8.38. The quantitative estimate of drug-likeness (QED) is 0.419. The highest BCUT2D eigenvalue weighted by atomic mass is 35.5. The van der Waals surface area contributed by atoms with E-state index in [2.05, 4.69) is 24.9 Å². The second-order valence-electron chi connectivity index (χ2n) is 3.65. The first-order chi connectivity index (χ1) is 8.11. The van der Waals surface area contributed by atoms with Gasteiger partial charge in [-0.1, -0.05) is 35.0 Å². The number of hydrogen-bond acceptors (Lipinski definition) is 3. The van der Waals surface area contributed by atoms with Crippen LogP contribution in [-0.4, -0.2) is 16.4 Å². The number of nitrogens with zero attached hydrogens (tertiary/aromatic N) is 1. The van der Waals surface area contributed by atoms with Gasteiger partial charge in [0.2, 0.25) is 0 Å². The molecule has 0 saturated carbocycles. The van der Waals surface area contributed by atoms with Gasteiger partial charge in [-0.2, -0.15) is 0 Å². The molecular weight excluding hydrogens is 270 g/mol. The topological polar surface area (TPSA) is 12.4 Å². The number of thioether (sulfide) groups is 2. The normalized spacial score (nSPS) is 11.4. The third-order valence-corrected chi connectivity index (χ3v) is 4.14. The highest BCUT2D eigenvalue weighted by Crippen LogP contribution is 2.22. The Hall–Kier alpha value is -0.380. The Morgan fingerprint density at radius 1 is 1.29 bits per heavy atom. The fraction of sp³-hybridized carbons (Fsp3) is 0.308. The summed E-state index contributed by atoms with van der Waals surface area (Å²) in [4.78, 5) is 4.57. The largest absolute Gasteiger partial charge is 0.235 e. The Balaban J connectivity index is 2.66. The van der Waals surface area contributed by atoms with Gasteiger partial charge >= 0.3 is 0 Å². The monoisotopic (exact) mass is 285 g/mol. The molecule has 0 aliphatic heterocycles. The van der Waals surface area contributed by atoms with E-state index < -0.39 is 0 Å². The molecule has 0 amide bonds. The number of rotatable bonds is 3. The summed E-state index contributed by atoms with van der Waals surface area (Å²) in [5, 5.41) is 0.742. The van der Waals surface area contributed by atoms with E-state index >= 15 is 0 Å². The van der Waals surface area contributed by atoms with Crippen LogP contribution in [0.25, 0.3) is 0 Å². The van der Waals surface area contributed by atoms with Crippen LogP contribution in [0.2, 0.25) is 5.02 Å². The van der Waals surface area contributed by atoms with Gasteiger partial charge in [-0.05, 0) is 44.4 Å². The molecule has 0 spiro atoms. The summed E-state index contributed by atoms with van der Waals surface area (Å²) in [7, 11) is 0. The molecule has 0 heterocycles. The molecule has 0 radical (unpaired) electrons. The van der Waals surface area contributed by atoms with Crippen molar-refractivity contribution in [2.24, 2.45) is 4.99 Å². The van der Waals surface area contributed by atoms with E-state index in [4.69, 9.17) is 11.6 Å². The molecule has 0 atom stereocenters. The molecule has 1 nitrogen and oxygen atoms in total. The molecule has 0 aromatic heterocycles. The molecule has 0 unspecified atom stereocenters. The van der Waals surface area contributed by atoms with Crippen LogP contribution < -0.4 is 0 Å². The number of aliphatic imine (C=N–C) groups is 1. The molecule has 0 N–H and O–H groups in total. The van der Waals surface area contributed by atoms with E-state index in [9.17, 15) is 0 Å². The van der Waals surface area contributed by atoms with Crippen molar-refractivity contribution in [2.45, 2.75) is 13.8 Å². The molecule has 4 heteroatoms. The van der Waals surface area contributed by atoms with Gasteiger partial charge in [-0.15, -0.1) is 11.8 Å². The fourth-order valence-electron chi connectivity index (χ4n) is 1.04. The molecule has 92 valence electrons. The van der Waals surface area contributed by atoms with Gasteiger partial charge in [0.25, 0.3) is 0 Å². The molecule has 17 heavy (non-hydrogen) atoms. The Kier molecular flexibility index (Phi) is 6.78. The Labute approximate surface area is 117 Å². The van der Waals surface area contributed by atoms with Gasteiger partial charge < -0.3 is 0 Å². The summed E-state index contributed by atoms with van der Waals surface area (Å²) in [5.74, 6) is 0.968. The van der Waals surface area contributed by atoms with Crippen LogP contribution in [0.3, 0.4) is 0 Å². The Morgan fingerprint density at radius 2 is 1.94 bits per heavy atom. The van der Waals surface area contributed by atoms with Gasteiger partial charge in [0.05, 0.1) is 5.69 Å². The van der Waals surface area contributed by atoms with Crippen LogP contribution in [0.5, 0.6) is 0 Å². The van der Waals surface area contributed by atoms with Crippen molar-refractivity contribution in [3.63, 3.8) is 0 Å². The first-order valence-electron chi connectivity index (χ1n) is 5.26. The van der Waals surface area contributed by atoms with E-state index in [0.29, 0.717) is 0 Å². The van der Waals surface area contributed by atoms with Gasteiger partial charge in [0.15, 0.2) is 0 Å².